The molecule has 0 aliphatic carbocycles. The van der Waals surface area contributed by atoms with Crippen molar-refractivity contribution in [2.24, 2.45) is 5.92 Å². The molecule has 3 N–H and O–H groups in total. The van der Waals surface area contributed by atoms with Crippen LogP contribution in [0.4, 0.5) is 11.4 Å². The average Bonchev–Trinajstić information content (AvgIpc) is 3.16. The molecule has 2 saturated heterocycles. The molecule has 9 nitrogen and oxygen atoms in total. The zero-order valence-corrected chi connectivity index (χ0v) is 20.6. The lowest BCUT2D eigenvalue weighted by molar-refractivity contribution is -0.130. The van der Waals surface area contributed by atoms with Crippen LogP contribution in [0.1, 0.15) is 24.8 Å². The van der Waals surface area contributed by atoms with Crippen molar-refractivity contribution in [3.8, 4) is 5.75 Å². The summed E-state index contributed by atoms with van der Waals surface area (Å²) in [5.41, 5.74) is 7.69. The smallest absolute Gasteiger partial charge is 0.251 e. The fraction of sp³-hybridized carbons (Fsp3) is 0.360. The molecule has 2 aromatic rings. The van der Waals surface area contributed by atoms with E-state index in [2.05, 4.69) is 16.2 Å². The number of hydrogen-bond acceptors (Lipinski definition) is 6. The largest absolute Gasteiger partial charge is 0.497 e. The van der Waals surface area contributed by atoms with Gasteiger partial charge in [-0.3, -0.25) is 30.1 Å². The van der Waals surface area contributed by atoms with Crippen LogP contribution in [0.25, 0.3) is 0 Å². The van der Waals surface area contributed by atoms with E-state index in [0.29, 0.717) is 30.9 Å². The highest BCUT2D eigenvalue weighted by Crippen LogP contribution is 2.29. The summed E-state index contributed by atoms with van der Waals surface area (Å²) in [6.07, 6.45) is 1.57. The van der Waals surface area contributed by atoms with Gasteiger partial charge in [-0.1, -0.05) is 18.2 Å². The lowest BCUT2D eigenvalue weighted by Crippen LogP contribution is -2.52. The molecular formula is C25H29N5O4S. The number of likely N-dealkylation sites (tertiary alicyclic amines) is 1. The maximum absolute atomic E-state index is 13.2. The van der Waals surface area contributed by atoms with E-state index in [1.54, 1.807) is 19.2 Å². The lowest BCUT2D eigenvalue weighted by Gasteiger charge is -2.34. The van der Waals surface area contributed by atoms with E-state index in [1.165, 1.54) is 4.90 Å². The number of carbonyl (C=O) groups is 3. The molecule has 2 aliphatic heterocycles. The van der Waals surface area contributed by atoms with Gasteiger partial charge in [0.2, 0.25) is 11.8 Å². The predicted molar refractivity (Wildman–Crippen MR) is 137 cm³/mol. The number of nitrogens with one attached hydrogen (secondary N) is 3. The number of amides is 3. The van der Waals surface area contributed by atoms with Crippen LogP contribution in [0.15, 0.2) is 48.5 Å². The molecule has 0 unspecified atom stereocenters. The van der Waals surface area contributed by atoms with Gasteiger partial charge in [0.1, 0.15) is 5.75 Å². The first kappa shape index (κ1) is 24.6. The van der Waals surface area contributed by atoms with E-state index in [9.17, 15) is 14.4 Å². The average molecular weight is 496 g/mol. The first-order valence-corrected chi connectivity index (χ1v) is 11.9. The number of hydrazine groups is 1. The van der Waals surface area contributed by atoms with Gasteiger partial charge < -0.3 is 10.1 Å². The fourth-order valence-corrected chi connectivity index (χ4v) is 4.70. The number of anilines is 2. The topological polar surface area (TPSA) is 103 Å². The fourth-order valence-electron chi connectivity index (χ4n) is 4.53. The molecule has 0 spiro atoms. The Labute approximate surface area is 209 Å². The molecule has 184 valence electrons. The second-order valence-corrected chi connectivity index (χ2v) is 9.17. The summed E-state index contributed by atoms with van der Waals surface area (Å²) in [4.78, 5) is 41.9. The van der Waals surface area contributed by atoms with E-state index >= 15 is 0 Å². The van der Waals surface area contributed by atoms with Crippen molar-refractivity contribution in [2.45, 2.75) is 32.2 Å². The molecule has 0 radical (unpaired) electrons. The minimum atomic E-state index is -0.553. The molecule has 0 saturated carbocycles. The van der Waals surface area contributed by atoms with E-state index < -0.39 is 6.04 Å². The molecule has 2 fully saturated rings. The van der Waals surface area contributed by atoms with Crippen LogP contribution in [0.3, 0.4) is 0 Å². The monoisotopic (exact) mass is 495 g/mol. The first-order chi connectivity index (χ1) is 16.9. The van der Waals surface area contributed by atoms with E-state index in [4.69, 9.17) is 17.0 Å². The molecule has 4 rings (SSSR count). The van der Waals surface area contributed by atoms with Gasteiger partial charge in [0, 0.05) is 18.3 Å². The molecule has 10 heteroatoms. The number of ether oxygens (including phenoxy) is 1. The third-order valence-electron chi connectivity index (χ3n) is 6.27. The van der Waals surface area contributed by atoms with Gasteiger partial charge in [-0.25, -0.2) is 4.90 Å². The maximum Gasteiger partial charge on any atom is 0.251 e. The van der Waals surface area contributed by atoms with E-state index in [1.807, 2.05) is 48.2 Å². The number of carbonyl (C=O) groups excluding carboxylic acids is 3. The molecule has 0 aromatic heterocycles. The van der Waals surface area contributed by atoms with Gasteiger partial charge in [-0.2, -0.15) is 0 Å². The van der Waals surface area contributed by atoms with Gasteiger partial charge >= 0.3 is 0 Å². The van der Waals surface area contributed by atoms with Crippen molar-refractivity contribution >= 4 is 46.4 Å². The quantitative estimate of drug-likeness (QED) is 0.330. The van der Waals surface area contributed by atoms with Gasteiger partial charge in [0.25, 0.3) is 5.91 Å². The summed E-state index contributed by atoms with van der Waals surface area (Å²) >= 11 is 5.27. The Kier molecular flexibility index (Phi) is 7.62. The van der Waals surface area contributed by atoms with Crippen molar-refractivity contribution in [3.05, 3.63) is 54.1 Å². The summed E-state index contributed by atoms with van der Waals surface area (Å²) in [5.74, 6) is -0.301. The molecular weight excluding hydrogens is 466 g/mol. The third-order valence-corrected chi connectivity index (χ3v) is 6.48. The first-order valence-electron chi connectivity index (χ1n) is 11.5. The predicted octanol–water partition coefficient (Wildman–Crippen LogP) is 2.37. The molecule has 2 heterocycles. The number of benzene rings is 2. The summed E-state index contributed by atoms with van der Waals surface area (Å²) in [6, 6.07) is 14.1. The molecule has 0 bridgehead atoms. The number of rotatable bonds is 5. The van der Waals surface area contributed by atoms with E-state index in [0.717, 1.165) is 17.7 Å². The van der Waals surface area contributed by atoms with Gasteiger partial charge in [0.05, 0.1) is 31.2 Å². The minimum absolute atomic E-state index is 0.119. The number of methoxy groups -OCH3 is 1. The number of piperidine rings is 1. The Hall–Kier alpha value is -3.50. The molecule has 2 aromatic carbocycles. The standard InChI is InChI=1S/C25H29N5O4S/c1-16-6-3-9-19(12-16)30-22(31)14-21(24(30)33)29-11-5-7-17(15-29)23(32)27-28-25(35)26-18-8-4-10-20(13-18)34-2/h3-4,6,8-10,12-13,17,21H,5,7,11,14-15H2,1-2H3,(H,27,32)(H2,26,28,35)/t17-,21+/m1/s1. The Morgan fingerprint density at radius 1 is 1.11 bits per heavy atom. The molecule has 2 atom stereocenters. The Balaban J connectivity index is 1.32. The van der Waals surface area contributed by atoms with Crippen LogP contribution >= 0.6 is 12.2 Å². The number of aryl methyl sites for hydroxylation is 1. The number of thiocarbonyl (C=S) groups is 1. The Morgan fingerprint density at radius 2 is 1.91 bits per heavy atom. The molecule has 35 heavy (non-hydrogen) atoms. The normalized spacial score (nSPS) is 20.5. The van der Waals surface area contributed by atoms with E-state index in [-0.39, 0.29) is 35.2 Å². The van der Waals surface area contributed by atoms with Crippen LogP contribution in [0, 0.1) is 12.8 Å². The highest BCUT2D eigenvalue weighted by Gasteiger charge is 2.44. The highest BCUT2D eigenvalue weighted by atomic mass is 32.1. The van der Waals surface area contributed by atoms with Crippen molar-refractivity contribution in [2.75, 3.05) is 30.4 Å². The lowest BCUT2D eigenvalue weighted by atomic mass is 9.95. The SMILES string of the molecule is COc1cccc(NC(=S)NNC(=O)[C@@H]2CCCN([C@H]3CC(=O)N(c4cccc(C)c4)C3=O)C2)c1. The highest BCUT2D eigenvalue weighted by molar-refractivity contribution is 7.80. The van der Waals surface area contributed by atoms with Gasteiger partial charge in [-0.05, 0) is 68.4 Å². The number of nitrogens with zero attached hydrogens (tertiary/aromatic N) is 2. The second-order valence-electron chi connectivity index (χ2n) is 8.76. The van der Waals surface area contributed by atoms with Crippen molar-refractivity contribution < 1.29 is 19.1 Å². The van der Waals surface area contributed by atoms with Crippen molar-refractivity contribution in [1.82, 2.24) is 15.8 Å². The summed E-state index contributed by atoms with van der Waals surface area (Å²) < 4.78 is 5.19. The Morgan fingerprint density at radius 3 is 2.69 bits per heavy atom. The number of hydrogen-bond donors (Lipinski definition) is 3. The second kappa shape index (κ2) is 10.8. The van der Waals surface area contributed by atoms with Crippen LogP contribution in [-0.4, -0.2) is 54.0 Å². The van der Waals surface area contributed by atoms with Crippen LogP contribution < -0.4 is 25.8 Å². The minimum Gasteiger partial charge on any atom is -0.497 e. The zero-order valence-electron chi connectivity index (χ0n) is 19.7. The summed E-state index contributed by atoms with van der Waals surface area (Å²) in [5, 5.41) is 3.23. The molecule has 3 amide bonds. The van der Waals surface area contributed by atoms with Gasteiger partial charge in [0.15, 0.2) is 5.11 Å². The third kappa shape index (κ3) is 5.77. The van der Waals surface area contributed by atoms with Crippen LogP contribution in [0.2, 0.25) is 0 Å². The van der Waals surface area contributed by atoms with Crippen molar-refractivity contribution in [1.29, 1.82) is 0 Å². The van der Waals surface area contributed by atoms with Crippen molar-refractivity contribution in [3.63, 3.8) is 0 Å². The van der Waals surface area contributed by atoms with Gasteiger partial charge in [-0.15, -0.1) is 0 Å². The molecule has 2 aliphatic rings. The van der Waals surface area contributed by atoms with Crippen LogP contribution in [-0.2, 0) is 14.4 Å². The van der Waals surface area contributed by atoms with Crippen LogP contribution in [0.5, 0.6) is 5.75 Å². The Bertz CT molecular complexity index is 1140. The maximum atomic E-state index is 13.2. The summed E-state index contributed by atoms with van der Waals surface area (Å²) in [6.45, 7) is 2.99. The summed E-state index contributed by atoms with van der Waals surface area (Å²) in [7, 11) is 1.58. The zero-order chi connectivity index (χ0) is 24.9. The number of imide groups is 1.